The maximum Gasteiger partial charge on any atom is 0.497 e. The normalized spacial score (nSPS) is 12.7. The summed E-state index contributed by atoms with van der Waals surface area (Å²) in [7, 11) is -4.30. The van der Waals surface area contributed by atoms with Crippen molar-refractivity contribution in [3.05, 3.63) is 0 Å². The molecule has 0 aromatic carbocycles. The molecule has 0 aromatic heterocycles. The van der Waals surface area contributed by atoms with Crippen LogP contribution in [0, 0.1) is 0 Å². The molecule has 152 valence electrons. The second-order valence-electron chi connectivity index (χ2n) is 6.45. The summed E-state index contributed by atoms with van der Waals surface area (Å²) in [6.45, 7) is 15.8. The van der Waals surface area contributed by atoms with Crippen LogP contribution in [0.5, 0.6) is 0 Å². The third-order valence-corrected chi connectivity index (χ3v) is 9.52. The van der Waals surface area contributed by atoms with Crippen molar-refractivity contribution in [3.8, 4) is 0 Å². The second kappa shape index (κ2) is 15.3. The van der Waals surface area contributed by atoms with Crippen LogP contribution >= 0.6 is 0 Å². The van der Waals surface area contributed by atoms with Gasteiger partial charge in [0.1, 0.15) is 0 Å². The minimum atomic E-state index is -2.39. The smallest absolute Gasteiger partial charge is 0.395 e. The van der Waals surface area contributed by atoms with Crippen LogP contribution < -0.4 is 0 Å². The summed E-state index contributed by atoms with van der Waals surface area (Å²) in [5.74, 6) is 0. The molecule has 0 aliphatic heterocycles. The van der Waals surface area contributed by atoms with Gasteiger partial charge in [0.15, 0.2) is 0 Å². The van der Waals surface area contributed by atoms with E-state index in [0.717, 1.165) is 32.3 Å². The zero-order chi connectivity index (χ0) is 19.0. The van der Waals surface area contributed by atoms with Gasteiger partial charge in [-0.3, -0.25) is 0 Å². The van der Waals surface area contributed by atoms with E-state index >= 15 is 0 Å². The maximum absolute atomic E-state index is 5.90. The number of hydrogen-bond acceptors (Lipinski definition) is 5. The Morgan fingerprint density at radius 1 is 0.520 bits per heavy atom. The van der Waals surface area contributed by atoms with Crippen LogP contribution in [-0.4, -0.2) is 50.4 Å². The zero-order valence-corrected chi connectivity index (χ0v) is 19.5. The standard InChI is InChI=1S/C18H42O5Si2/c1-7-19-24(5,20-8-2)18-16-14-12-11-13-15-17-23-25(6,21-9-3)22-10-4/h7-18H2,1-6H3. The molecule has 0 radical (unpaired) electrons. The molecule has 0 heterocycles. The Morgan fingerprint density at radius 2 is 0.960 bits per heavy atom. The van der Waals surface area contributed by atoms with E-state index in [-0.39, 0.29) is 0 Å². The van der Waals surface area contributed by atoms with Crippen LogP contribution in [0.2, 0.25) is 19.1 Å². The lowest BCUT2D eigenvalue weighted by atomic mass is 10.1. The summed E-state index contributed by atoms with van der Waals surface area (Å²) in [6, 6.07) is 1.10. The molecular weight excluding hydrogens is 352 g/mol. The first-order valence-electron chi connectivity index (χ1n) is 10.1. The van der Waals surface area contributed by atoms with Gasteiger partial charge < -0.3 is 22.1 Å². The van der Waals surface area contributed by atoms with Crippen LogP contribution in [0.4, 0.5) is 0 Å². The Hall–Kier alpha value is 0.234. The van der Waals surface area contributed by atoms with Crippen LogP contribution in [-0.2, 0) is 22.1 Å². The molecular formula is C18H42O5Si2. The van der Waals surface area contributed by atoms with Crippen LogP contribution in [0.15, 0.2) is 0 Å². The first-order chi connectivity index (χ1) is 11.9. The molecule has 0 atom stereocenters. The van der Waals surface area contributed by atoms with E-state index in [1.807, 2.05) is 20.4 Å². The van der Waals surface area contributed by atoms with E-state index in [0.29, 0.717) is 13.2 Å². The van der Waals surface area contributed by atoms with Gasteiger partial charge in [0.2, 0.25) is 0 Å². The summed E-state index contributed by atoms with van der Waals surface area (Å²) < 4.78 is 29.0. The van der Waals surface area contributed by atoms with Gasteiger partial charge in [-0.2, -0.15) is 0 Å². The first-order valence-corrected chi connectivity index (χ1v) is 14.9. The van der Waals surface area contributed by atoms with Crippen molar-refractivity contribution in [2.45, 2.75) is 85.4 Å². The fourth-order valence-corrected chi connectivity index (χ4v) is 7.26. The average Bonchev–Trinajstić information content (AvgIpc) is 2.54. The first kappa shape index (κ1) is 25.2. The van der Waals surface area contributed by atoms with E-state index in [1.165, 1.54) is 32.1 Å². The predicted molar refractivity (Wildman–Crippen MR) is 108 cm³/mol. The molecule has 0 bridgehead atoms. The highest BCUT2D eigenvalue weighted by molar-refractivity contribution is 6.66. The number of rotatable bonds is 18. The monoisotopic (exact) mass is 394 g/mol. The largest absolute Gasteiger partial charge is 0.497 e. The SMILES string of the molecule is CCO[Si](C)(CCCCCCCCO[Si](C)(OCC)OCC)OCC. The predicted octanol–water partition coefficient (Wildman–Crippen LogP) is 5.13. The molecule has 0 unspecified atom stereocenters. The van der Waals surface area contributed by atoms with Gasteiger partial charge in [-0.15, -0.1) is 0 Å². The molecule has 5 nitrogen and oxygen atoms in total. The highest BCUT2D eigenvalue weighted by atomic mass is 28.4. The molecule has 0 aliphatic rings. The third-order valence-electron chi connectivity index (χ3n) is 4.10. The average molecular weight is 395 g/mol. The summed E-state index contributed by atoms with van der Waals surface area (Å²) >= 11 is 0. The second-order valence-corrected chi connectivity index (χ2v) is 12.4. The summed E-state index contributed by atoms with van der Waals surface area (Å²) in [6.07, 6.45) is 7.27. The van der Waals surface area contributed by atoms with Crippen LogP contribution in [0.3, 0.4) is 0 Å². The van der Waals surface area contributed by atoms with Gasteiger partial charge in [0.25, 0.3) is 0 Å². The molecule has 7 heteroatoms. The highest BCUT2D eigenvalue weighted by Crippen LogP contribution is 2.19. The lowest BCUT2D eigenvalue weighted by Crippen LogP contribution is -2.42. The van der Waals surface area contributed by atoms with E-state index < -0.39 is 17.4 Å². The molecule has 0 rings (SSSR count). The van der Waals surface area contributed by atoms with Crippen molar-refractivity contribution in [1.82, 2.24) is 0 Å². The molecule has 0 saturated heterocycles. The lowest BCUT2D eigenvalue weighted by molar-refractivity contribution is 0.0724. The molecule has 0 saturated carbocycles. The molecule has 0 aliphatic carbocycles. The fourth-order valence-electron chi connectivity index (χ4n) is 2.96. The molecule has 0 aromatic rings. The molecule has 25 heavy (non-hydrogen) atoms. The highest BCUT2D eigenvalue weighted by Gasteiger charge is 2.33. The van der Waals surface area contributed by atoms with E-state index in [4.69, 9.17) is 22.1 Å². The van der Waals surface area contributed by atoms with Crippen molar-refractivity contribution in [3.63, 3.8) is 0 Å². The molecule has 0 spiro atoms. The van der Waals surface area contributed by atoms with Crippen LogP contribution in [0.25, 0.3) is 0 Å². The summed E-state index contributed by atoms with van der Waals surface area (Å²) in [5, 5.41) is 0. The van der Waals surface area contributed by atoms with Gasteiger partial charge in [-0.25, -0.2) is 0 Å². The van der Waals surface area contributed by atoms with Crippen molar-refractivity contribution in [2.75, 3.05) is 33.0 Å². The number of hydrogen-bond donors (Lipinski definition) is 0. The van der Waals surface area contributed by atoms with E-state index in [1.54, 1.807) is 0 Å². The molecule has 0 amide bonds. The Morgan fingerprint density at radius 3 is 1.44 bits per heavy atom. The Kier molecular flexibility index (Phi) is 15.5. The minimum absolute atomic E-state index is 0.647. The van der Waals surface area contributed by atoms with Gasteiger partial charge in [0, 0.05) is 39.6 Å². The molecule has 0 N–H and O–H groups in total. The Labute approximate surface area is 158 Å². The third kappa shape index (κ3) is 13.1. The quantitative estimate of drug-likeness (QED) is 0.238. The van der Waals surface area contributed by atoms with Crippen molar-refractivity contribution < 1.29 is 22.1 Å². The number of unbranched alkanes of at least 4 members (excludes halogenated alkanes) is 5. The van der Waals surface area contributed by atoms with Gasteiger partial charge in [-0.05, 0) is 46.7 Å². The van der Waals surface area contributed by atoms with Crippen molar-refractivity contribution in [2.24, 2.45) is 0 Å². The summed E-state index contributed by atoms with van der Waals surface area (Å²) in [4.78, 5) is 0. The van der Waals surface area contributed by atoms with Crippen molar-refractivity contribution in [1.29, 1.82) is 0 Å². The Bertz CT molecular complexity index is 265. The van der Waals surface area contributed by atoms with E-state index in [9.17, 15) is 0 Å². The molecule has 0 fully saturated rings. The van der Waals surface area contributed by atoms with E-state index in [2.05, 4.69) is 20.4 Å². The maximum atomic E-state index is 5.90. The zero-order valence-electron chi connectivity index (χ0n) is 17.5. The van der Waals surface area contributed by atoms with Crippen LogP contribution in [0.1, 0.15) is 66.2 Å². The lowest BCUT2D eigenvalue weighted by Gasteiger charge is -2.25. The minimum Gasteiger partial charge on any atom is -0.395 e. The summed E-state index contributed by atoms with van der Waals surface area (Å²) in [5.41, 5.74) is 0. The fraction of sp³-hybridized carbons (Fsp3) is 1.00. The van der Waals surface area contributed by atoms with Gasteiger partial charge in [-0.1, -0.05) is 32.1 Å². The topological polar surface area (TPSA) is 46.2 Å². The van der Waals surface area contributed by atoms with Crippen molar-refractivity contribution >= 4 is 17.4 Å². The van der Waals surface area contributed by atoms with Gasteiger partial charge in [0.05, 0.1) is 0 Å². The Balaban J connectivity index is 3.69. The van der Waals surface area contributed by atoms with Gasteiger partial charge >= 0.3 is 17.4 Å².